The minimum absolute atomic E-state index is 0.00198. The number of carbonyl (C=O) groups excluding carboxylic acids is 1. The number of sulfonamides is 1. The number of hydrogen-bond donors (Lipinski definition) is 2. The summed E-state index contributed by atoms with van der Waals surface area (Å²) in [4.78, 5) is 16.0. The number of hydrogen-bond acceptors (Lipinski definition) is 4. The standard InChI is InChI=1S/C20H21ClN4O3S/c21-18-3-1-2-4-19(18)29(27,28)24-10-9-20(26)23-13-16-5-7-17(8-6-16)14-25-12-11-22-15-25/h1-8,11-12,15,24H,9-10,13-14H2,(H,23,26). The largest absolute Gasteiger partial charge is 0.352 e. The molecule has 0 aliphatic carbocycles. The Balaban J connectivity index is 1.42. The van der Waals surface area contributed by atoms with Gasteiger partial charge in [-0.2, -0.15) is 0 Å². The molecule has 0 fully saturated rings. The summed E-state index contributed by atoms with van der Waals surface area (Å²) in [5, 5.41) is 2.93. The van der Waals surface area contributed by atoms with Crippen molar-refractivity contribution in [2.75, 3.05) is 6.54 Å². The fraction of sp³-hybridized carbons (Fsp3) is 0.200. The molecular formula is C20H21ClN4O3S. The van der Waals surface area contributed by atoms with E-state index in [0.717, 1.165) is 17.7 Å². The van der Waals surface area contributed by atoms with E-state index in [1.807, 2.05) is 35.0 Å². The molecule has 0 aliphatic heterocycles. The number of imidazole rings is 1. The highest BCUT2D eigenvalue weighted by atomic mass is 35.5. The Labute approximate surface area is 174 Å². The van der Waals surface area contributed by atoms with Crippen molar-refractivity contribution in [2.24, 2.45) is 0 Å². The Bertz CT molecular complexity index is 1050. The molecule has 2 aromatic carbocycles. The van der Waals surface area contributed by atoms with Crippen LogP contribution in [0.1, 0.15) is 17.5 Å². The molecule has 1 amide bonds. The first kappa shape index (κ1) is 21.0. The lowest BCUT2D eigenvalue weighted by molar-refractivity contribution is -0.121. The molecule has 0 bridgehead atoms. The normalized spacial score (nSPS) is 11.3. The van der Waals surface area contributed by atoms with Crippen molar-refractivity contribution < 1.29 is 13.2 Å². The van der Waals surface area contributed by atoms with Gasteiger partial charge < -0.3 is 9.88 Å². The molecule has 0 radical (unpaired) electrons. The molecule has 0 atom stereocenters. The lowest BCUT2D eigenvalue weighted by Crippen LogP contribution is -2.30. The fourth-order valence-corrected chi connectivity index (χ4v) is 4.23. The van der Waals surface area contributed by atoms with E-state index in [2.05, 4.69) is 15.0 Å². The summed E-state index contributed by atoms with van der Waals surface area (Å²) in [5.74, 6) is -0.241. The second-order valence-corrected chi connectivity index (χ2v) is 8.55. The van der Waals surface area contributed by atoms with Crippen molar-refractivity contribution in [3.05, 3.63) is 83.4 Å². The highest BCUT2D eigenvalue weighted by Crippen LogP contribution is 2.19. The first-order chi connectivity index (χ1) is 13.9. The van der Waals surface area contributed by atoms with Gasteiger partial charge in [-0.3, -0.25) is 4.79 Å². The van der Waals surface area contributed by atoms with Gasteiger partial charge in [0.2, 0.25) is 15.9 Å². The third kappa shape index (κ3) is 6.15. The van der Waals surface area contributed by atoms with Crippen LogP contribution in [0.2, 0.25) is 5.02 Å². The number of carbonyl (C=O) groups is 1. The maximum atomic E-state index is 12.2. The summed E-state index contributed by atoms with van der Waals surface area (Å²) >= 11 is 5.92. The molecule has 152 valence electrons. The van der Waals surface area contributed by atoms with Crippen LogP contribution in [0.15, 0.2) is 72.1 Å². The molecule has 0 spiro atoms. The van der Waals surface area contributed by atoms with Gasteiger partial charge in [0.15, 0.2) is 0 Å². The average Bonchev–Trinajstić information content (AvgIpc) is 3.20. The van der Waals surface area contributed by atoms with Gasteiger partial charge in [-0.15, -0.1) is 0 Å². The molecular weight excluding hydrogens is 412 g/mol. The quantitative estimate of drug-likeness (QED) is 0.543. The predicted molar refractivity (Wildman–Crippen MR) is 111 cm³/mol. The van der Waals surface area contributed by atoms with Crippen molar-refractivity contribution in [1.29, 1.82) is 0 Å². The summed E-state index contributed by atoms with van der Waals surface area (Å²) in [6.07, 6.45) is 5.42. The first-order valence-corrected chi connectivity index (χ1v) is 10.8. The summed E-state index contributed by atoms with van der Waals surface area (Å²) in [7, 11) is -3.75. The summed E-state index contributed by atoms with van der Waals surface area (Å²) in [6.45, 7) is 1.10. The highest BCUT2D eigenvalue weighted by molar-refractivity contribution is 7.89. The molecule has 29 heavy (non-hydrogen) atoms. The minimum Gasteiger partial charge on any atom is -0.352 e. The van der Waals surface area contributed by atoms with Gasteiger partial charge in [-0.25, -0.2) is 18.1 Å². The van der Waals surface area contributed by atoms with E-state index in [9.17, 15) is 13.2 Å². The van der Waals surface area contributed by atoms with Gasteiger partial charge in [0, 0.05) is 38.4 Å². The predicted octanol–water partition coefficient (Wildman–Crippen LogP) is 2.57. The maximum Gasteiger partial charge on any atom is 0.242 e. The SMILES string of the molecule is O=C(CCNS(=O)(=O)c1ccccc1Cl)NCc1ccc(Cn2ccnc2)cc1. The van der Waals surface area contributed by atoms with Crippen LogP contribution in [-0.4, -0.2) is 30.4 Å². The van der Waals surface area contributed by atoms with E-state index in [0.29, 0.717) is 6.54 Å². The third-order valence-corrected chi connectivity index (χ3v) is 6.17. The summed E-state index contributed by atoms with van der Waals surface area (Å²) in [5.41, 5.74) is 2.09. The van der Waals surface area contributed by atoms with E-state index in [-0.39, 0.29) is 28.8 Å². The number of amides is 1. The monoisotopic (exact) mass is 432 g/mol. The number of benzene rings is 2. The Morgan fingerprint density at radius 1 is 1.07 bits per heavy atom. The van der Waals surface area contributed by atoms with E-state index in [1.165, 1.54) is 12.1 Å². The Morgan fingerprint density at radius 2 is 1.79 bits per heavy atom. The highest BCUT2D eigenvalue weighted by Gasteiger charge is 2.17. The van der Waals surface area contributed by atoms with Gasteiger partial charge >= 0.3 is 0 Å². The summed E-state index contributed by atoms with van der Waals surface area (Å²) < 4.78 is 28.8. The Morgan fingerprint density at radius 3 is 2.48 bits per heavy atom. The molecule has 0 saturated carbocycles. The number of nitrogens with one attached hydrogen (secondary N) is 2. The zero-order valence-electron chi connectivity index (χ0n) is 15.6. The molecule has 7 nitrogen and oxygen atoms in total. The van der Waals surface area contributed by atoms with E-state index < -0.39 is 10.0 Å². The van der Waals surface area contributed by atoms with Crippen molar-refractivity contribution in [1.82, 2.24) is 19.6 Å². The van der Waals surface area contributed by atoms with Crippen LogP contribution in [0, 0.1) is 0 Å². The lowest BCUT2D eigenvalue weighted by Gasteiger charge is -2.09. The number of rotatable bonds is 9. The van der Waals surface area contributed by atoms with Crippen LogP contribution in [0.4, 0.5) is 0 Å². The van der Waals surface area contributed by atoms with Gasteiger partial charge in [-0.05, 0) is 23.3 Å². The van der Waals surface area contributed by atoms with Gasteiger partial charge in [0.25, 0.3) is 0 Å². The topological polar surface area (TPSA) is 93.1 Å². The Kier molecular flexibility index (Phi) is 7.03. The van der Waals surface area contributed by atoms with E-state index in [1.54, 1.807) is 24.7 Å². The molecule has 3 aromatic rings. The van der Waals surface area contributed by atoms with Crippen LogP contribution < -0.4 is 10.0 Å². The van der Waals surface area contributed by atoms with Crippen LogP contribution >= 0.6 is 11.6 Å². The van der Waals surface area contributed by atoms with Crippen LogP contribution in [0.25, 0.3) is 0 Å². The van der Waals surface area contributed by atoms with Crippen LogP contribution in [0.5, 0.6) is 0 Å². The van der Waals surface area contributed by atoms with Crippen molar-refractivity contribution in [3.8, 4) is 0 Å². The molecule has 0 saturated heterocycles. The van der Waals surface area contributed by atoms with E-state index in [4.69, 9.17) is 11.6 Å². The van der Waals surface area contributed by atoms with Crippen molar-refractivity contribution in [2.45, 2.75) is 24.4 Å². The second kappa shape index (κ2) is 9.69. The maximum absolute atomic E-state index is 12.2. The van der Waals surface area contributed by atoms with E-state index >= 15 is 0 Å². The Hall–Kier alpha value is -2.68. The molecule has 0 unspecified atom stereocenters. The van der Waals surface area contributed by atoms with Crippen molar-refractivity contribution >= 4 is 27.5 Å². The molecule has 2 N–H and O–H groups in total. The zero-order valence-corrected chi connectivity index (χ0v) is 17.2. The van der Waals surface area contributed by atoms with Gasteiger partial charge in [-0.1, -0.05) is 48.0 Å². The number of nitrogens with zero attached hydrogens (tertiary/aromatic N) is 2. The van der Waals surface area contributed by atoms with Crippen LogP contribution in [-0.2, 0) is 27.9 Å². The average molecular weight is 433 g/mol. The first-order valence-electron chi connectivity index (χ1n) is 8.98. The molecule has 9 heteroatoms. The van der Waals surface area contributed by atoms with Gasteiger partial charge in [0.05, 0.1) is 11.3 Å². The smallest absolute Gasteiger partial charge is 0.242 e. The van der Waals surface area contributed by atoms with Crippen molar-refractivity contribution in [3.63, 3.8) is 0 Å². The third-order valence-electron chi connectivity index (χ3n) is 4.21. The number of aromatic nitrogens is 2. The fourth-order valence-electron chi connectivity index (χ4n) is 2.68. The lowest BCUT2D eigenvalue weighted by atomic mass is 10.1. The molecule has 1 heterocycles. The summed E-state index contributed by atoms with van der Waals surface area (Å²) in [6, 6.07) is 14.1. The molecule has 1 aromatic heterocycles. The second-order valence-electron chi connectivity index (χ2n) is 6.41. The molecule has 0 aliphatic rings. The minimum atomic E-state index is -3.75. The molecule has 3 rings (SSSR count). The van der Waals surface area contributed by atoms with Gasteiger partial charge in [0.1, 0.15) is 4.90 Å². The number of halogens is 1. The van der Waals surface area contributed by atoms with Crippen LogP contribution in [0.3, 0.4) is 0 Å². The zero-order chi connectivity index (χ0) is 20.7.